The van der Waals surface area contributed by atoms with Gasteiger partial charge < -0.3 is 5.73 Å². The molecule has 1 aliphatic carbocycles. The maximum absolute atomic E-state index is 6.05. The van der Waals surface area contributed by atoms with Crippen molar-refractivity contribution in [1.82, 2.24) is 0 Å². The van der Waals surface area contributed by atoms with Gasteiger partial charge in [-0.2, -0.15) is 0 Å². The van der Waals surface area contributed by atoms with E-state index in [4.69, 9.17) is 5.73 Å². The molecule has 0 unspecified atom stereocenters. The van der Waals surface area contributed by atoms with E-state index in [1.165, 1.54) is 36.0 Å². The summed E-state index contributed by atoms with van der Waals surface area (Å²) in [6, 6.07) is 6.69. The van der Waals surface area contributed by atoms with Crippen LogP contribution in [0.4, 0.5) is 0 Å². The molecule has 0 radical (unpaired) electrons. The van der Waals surface area contributed by atoms with E-state index in [-0.39, 0.29) is 5.54 Å². The summed E-state index contributed by atoms with van der Waals surface area (Å²) in [7, 11) is 0. The average Bonchev–Trinajstić information content (AvgIpc) is 2.47. The number of benzene rings is 1. The largest absolute Gasteiger partial charge is 0.322 e. The summed E-state index contributed by atoms with van der Waals surface area (Å²) in [5.74, 6) is 0. The molecule has 0 spiro atoms. The van der Waals surface area contributed by atoms with Crippen LogP contribution in [-0.4, -0.2) is 0 Å². The Morgan fingerprint density at radius 2 is 1.85 bits per heavy atom. The van der Waals surface area contributed by atoms with Crippen LogP contribution >= 0.6 is 0 Å². The molecule has 0 fully saturated rings. The normalized spacial score (nSPS) is 15.9. The summed E-state index contributed by atoms with van der Waals surface area (Å²) in [6.45, 7) is 4.12. The van der Waals surface area contributed by atoms with Gasteiger partial charge in [0.05, 0.1) is 0 Å². The summed E-state index contributed by atoms with van der Waals surface area (Å²) in [5, 5.41) is 0. The van der Waals surface area contributed by atoms with Gasteiger partial charge in [-0.1, -0.05) is 18.2 Å². The van der Waals surface area contributed by atoms with E-state index < -0.39 is 0 Å². The van der Waals surface area contributed by atoms with E-state index in [0.29, 0.717) is 0 Å². The first kappa shape index (κ1) is 8.76. The Hall–Kier alpha value is -0.820. The average molecular weight is 175 g/mol. The predicted octanol–water partition coefficient (Wildman–Crippen LogP) is 2.37. The van der Waals surface area contributed by atoms with Crippen molar-refractivity contribution in [2.24, 2.45) is 5.73 Å². The molecule has 70 valence electrons. The first-order valence-electron chi connectivity index (χ1n) is 4.98. The van der Waals surface area contributed by atoms with Crippen LogP contribution in [0.15, 0.2) is 18.2 Å². The van der Waals surface area contributed by atoms with Crippen LogP contribution in [-0.2, 0) is 18.4 Å². The van der Waals surface area contributed by atoms with Crippen LogP contribution in [0.1, 0.15) is 37.0 Å². The van der Waals surface area contributed by atoms with Gasteiger partial charge in [-0.15, -0.1) is 0 Å². The van der Waals surface area contributed by atoms with Crippen LogP contribution in [0.5, 0.6) is 0 Å². The van der Waals surface area contributed by atoms with Gasteiger partial charge in [-0.05, 0) is 49.8 Å². The van der Waals surface area contributed by atoms with Crippen LogP contribution in [0.2, 0.25) is 0 Å². The fraction of sp³-hybridized carbons (Fsp3) is 0.500. The quantitative estimate of drug-likeness (QED) is 0.696. The SMILES string of the molecule is CC(C)(N)c1ccc2c(c1)CCC2. The van der Waals surface area contributed by atoms with Crippen LogP contribution in [0.25, 0.3) is 0 Å². The van der Waals surface area contributed by atoms with E-state index in [9.17, 15) is 0 Å². The van der Waals surface area contributed by atoms with Gasteiger partial charge >= 0.3 is 0 Å². The summed E-state index contributed by atoms with van der Waals surface area (Å²) in [4.78, 5) is 0. The number of rotatable bonds is 1. The van der Waals surface area contributed by atoms with Crippen LogP contribution in [0.3, 0.4) is 0 Å². The standard InChI is InChI=1S/C12H17N/c1-12(2,13)11-7-6-9-4-3-5-10(9)8-11/h6-8H,3-5,13H2,1-2H3. The van der Waals surface area contributed by atoms with E-state index >= 15 is 0 Å². The van der Waals surface area contributed by atoms with Gasteiger partial charge in [0.1, 0.15) is 0 Å². The zero-order valence-corrected chi connectivity index (χ0v) is 8.43. The highest BCUT2D eigenvalue weighted by Crippen LogP contribution is 2.26. The number of hydrogen-bond acceptors (Lipinski definition) is 1. The molecule has 1 nitrogen and oxygen atoms in total. The van der Waals surface area contributed by atoms with Crippen molar-refractivity contribution in [3.05, 3.63) is 34.9 Å². The lowest BCUT2D eigenvalue weighted by Gasteiger charge is -2.20. The molecule has 0 saturated carbocycles. The molecular weight excluding hydrogens is 158 g/mol. The van der Waals surface area contributed by atoms with Gasteiger partial charge in [-0.25, -0.2) is 0 Å². The first-order valence-corrected chi connectivity index (χ1v) is 4.98. The molecule has 0 amide bonds. The molecule has 0 heterocycles. The molecule has 2 N–H and O–H groups in total. The van der Waals surface area contributed by atoms with Crippen molar-refractivity contribution in [3.63, 3.8) is 0 Å². The zero-order valence-electron chi connectivity index (χ0n) is 8.43. The molecule has 2 rings (SSSR count). The molecule has 0 aromatic heterocycles. The lowest BCUT2D eigenvalue weighted by molar-refractivity contribution is 0.554. The molecule has 13 heavy (non-hydrogen) atoms. The summed E-state index contributed by atoms with van der Waals surface area (Å²) in [5.41, 5.74) is 10.1. The summed E-state index contributed by atoms with van der Waals surface area (Å²) < 4.78 is 0. The molecule has 1 aromatic rings. The molecule has 1 heteroatoms. The Bertz CT molecular complexity index is 320. The Kier molecular flexibility index (Phi) is 1.92. The number of aryl methyl sites for hydroxylation is 2. The zero-order chi connectivity index (χ0) is 9.47. The molecule has 0 aliphatic heterocycles. The lowest BCUT2D eigenvalue weighted by Crippen LogP contribution is -2.28. The number of fused-ring (bicyclic) bond motifs is 1. The lowest BCUT2D eigenvalue weighted by atomic mass is 9.93. The van der Waals surface area contributed by atoms with E-state index in [1.54, 1.807) is 0 Å². The second kappa shape index (κ2) is 2.85. The molecule has 0 bridgehead atoms. The van der Waals surface area contributed by atoms with Crippen molar-refractivity contribution < 1.29 is 0 Å². The second-order valence-electron chi connectivity index (χ2n) is 4.56. The maximum atomic E-state index is 6.05. The maximum Gasteiger partial charge on any atom is 0.0352 e. The second-order valence-corrected chi connectivity index (χ2v) is 4.56. The van der Waals surface area contributed by atoms with Crippen LogP contribution in [0, 0.1) is 0 Å². The minimum Gasteiger partial charge on any atom is -0.322 e. The van der Waals surface area contributed by atoms with Gasteiger partial charge in [0.2, 0.25) is 0 Å². The van der Waals surface area contributed by atoms with E-state index in [2.05, 4.69) is 32.0 Å². The molecule has 0 atom stereocenters. The molecule has 0 saturated heterocycles. The minimum absolute atomic E-state index is 0.197. The van der Waals surface area contributed by atoms with Crippen LogP contribution < -0.4 is 5.73 Å². The predicted molar refractivity (Wildman–Crippen MR) is 55.7 cm³/mol. The Labute approximate surface area is 80.0 Å². The van der Waals surface area contributed by atoms with Crippen molar-refractivity contribution in [2.45, 2.75) is 38.6 Å². The smallest absolute Gasteiger partial charge is 0.0352 e. The summed E-state index contributed by atoms with van der Waals surface area (Å²) in [6.07, 6.45) is 3.80. The molecular formula is C12H17N. The summed E-state index contributed by atoms with van der Waals surface area (Å²) >= 11 is 0. The topological polar surface area (TPSA) is 26.0 Å². The van der Waals surface area contributed by atoms with Gasteiger partial charge in [0.15, 0.2) is 0 Å². The van der Waals surface area contributed by atoms with Gasteiger partial charge in [0, 0.05) is 5.54 Å². The Morgan fingerprint density at radius 1 is 1.15 bits per heavy atom. The van der Waals surface area contributed by atoms with Gasteiger partial charge in [-0.3, -0.25) is 0 Å². The monoisotopic (exact) mass is 175 g/mol. The Balaban J connectivity index is 2.42. The minimum atomic E-state index is -0.197. The van der Waals surface area contributed by atoms with Crippen molar-refractivity contribution in [3.8, 4) is 0 Å². The van der Waals surface area contributed by atoms with E-state index in [1.807, 2.05) is 0 Å². The highest BCUT2D eigenvalue weighted by Gasteiger charge is 2.17. The van der Waals surface area contributed by atoms with Crippen molar-refractivity contribution in [2.75, 3.05) is 0 Å². The third-order valence-corrected chi connectivity index (χ3v) is 2.84. The third-order valence-electron chi connectivity index (χ3n) is 2.84. The third kappa shape index (κ3) is 1.61. The Morgan fingerprint density at radius 3 is 2.54 bits per heavy atom. The molecule has 1 aliphatic rings. The number of nitrogens with two attached hydrogens (primary N) is 1. The van der Waals surface area contributed by atoms with Crippen molar-refractivity contribution in [1.29, 1.82) is 0 Å². The van der Waals surface area contributed by atoms with Crippen molar-refractivity contribution >= 4 is 0 Å². The van der Waals surface area contributed by atoms with E-state index in [0.717, 1.165) is 0 Å². The van der Waals surface area contributed by atoms with Gasteiger partial charge in [0.25, 0.3) is 0 Å². The highest BCUT2D eigenvalue weighted by molar-refractivity contribution is 5.37. The number of hydrogen-bond donors (Lipinski definition) is 1. The highest BCUT2D eigenvalue weighted by atomic mass is 14.7. The fourth-order valence-electron chi connectivity index (χ4n) is 1.97. The molecule has 1 aromatic carbocycles. The fourth-order valence-corrected chi connectivity index (χ4v) is 1.97. The first-order chi connectivity index (χ1) is 6.07.